The topological polar surface area (TPSA) is 83.9 Å². The number of nitrogens with zero attached hydrogens (tertiary/aromatic N) is 1. The van der Waals surface area contributed by atoms with Gasteiger partial charge >= 0.3 is 5.97 Å². The van der Waals surface area contributed by atoms with Gasteiger partial charge in [-0.25, -0.2) is 8.42 Å². The number of aliphatic carboxylic acids is 1. The molecule has 0 aliphatic carbocycles. The van der Waals surface area contributed by atoms with Crippen LogP contribution in [0.15, 0.2) is 0 Å². The summed E-state index contributed by atoms with van der Waals surface area (Å²) in [7, 11) is -2.26. The van der Waals surface area contributed by atoms with Gasteiger partial charge in [-0.15, -0.1) is 0 Å². The number of likely N-dealkylation sites (N-methyl/N-ethyl adjacent to an activating group) is 1. The van der Waals surface area contributed by atoms with Crippen molar-refractivity contribution in [3.8, 4) is 0 Å². The fraction of sp³-hybridized carbons (Fsp3) is 0.900. The minimum absolute atomic E-state index is 0.132. The van der Waals surface area contributed by atoms with E-state index in [0.717, 1.165) is 17.1 Å². The first-order chi connectivity index (χ1) is 7.88. The molecule has 2 unspecified atom stereocenters. The van der Waals surface area contributed by atoms with Crippen molar-refractivity contribution < 1.29 is 23.1 Å². The van der Waals surface area contributed by atoms with Crippen LogP contribution in [0.4, 0.5) is 0 Å². The Kier molecular flexibility index (Phi) is 4.91. The molecular weight excluding hydrogens is 246 g/mol. The van der Waals surface area contributed by atoms with Gasteiger partial charge in [-0.3, -0.25) is 4.79 Å². The van der Waals surface area contributed by atoms with Gasteiger partial charge in [0.2, 0.25) is 10.0 Å². The predicted octanol–water partition coefficient (Wildman–Crippen LogP) is 0.290. The second-order valence-electron chi connectivity index (χ2n) is 4.19. The molecule has 0 saturated carbocycles. The zero-order valence-electron chi connectivity index (χ0n) is 10.1. The van der Waals surface area contributed by atoms with E-state index < -0.39 is 22.0 Å². The van der Waals surface area contributed by atoms with Crippen LogP contribution in [-0.4, -0.2) is 55.4 Å². The quantitative estimate of drug-likeness (QED) is 0.746. The van der Waals surface area contributed by atoms with Crippen molar-refractivity contribution in [2.24, 2.45) is 0 Å². The van der Waals surface area contributed by atoms with Gasteiger partial charge in [0, 0.05) is 13.7 Å². The summed E-state index contributed by atoms with van der Waals surface area (Å²) >= 11 is 0. The highest BCUT2D eigenvalue weighted by atomic mass is 32.2. The molecule has 6 nitrogen and oxygen atoms in total. The third-order valence-electron chi connectivity index (χ3n) is 2.97. The van der Waals surface area contributed by atoms with E-state index >= 15 is 0 Å². The Bertz CT molecular complexity index is 361. The zero-order valence-corrected chi connectivity index (χ0v) is 10.9. The molecule has 0 radical (unpaired) electrons. The molecule has 0 bridgehead atoms. The number of carbonyl (C=O) groups is 1. The number of hydrogen-bond donors (Lipinski definition) is 1. The number of sulfonamides is 1. The maximum atomic E-state index is 12.0. The van der Waals surface area contributed by atoms with E-state index in [0.29, 0.717) is 6.61 Å². The number of rotatable bonds is 6. The van der Waals surface area contributed by atoms with Crippen LogP contribution >= 0.6 is 0 Å². The lowest BCUT2D eigenvalue weighted by Crippen LogP contribution is -2.44. The lowest BCUT2D eigenvalue weighted by atomic mass is 10.2. The van der Waals surface area contributed by atoms with Gasteiger partial charge in [0.1, 0.15) is 6.04 Å². The average Bonchev–Trinajstić information content (AvgIpc) is 2.70. The van der Waals surface area contributed by atoms with E-state index in [2.05, 4.69) is 0 Å². The summed E-state index contributed by atoms with van der Waals surface area (Å²) in [5.41, 5.74) is 0. The molecule has 100 valence electrons. The molecule has 0 aromatic rings. The minimum Gasteiger partial charge on any atom is -0.480 e. The Hall–Kier alpha value is -0.660. The molecule has 17 heavy (non-hydrogen) atoms. The van der Waals surface area contributed by atoms with Crippen LogP contribution in [0.3, 0.4) is 0 Å². The second-order valence-corrected chi connectivity index (χ2v) is 6.27. The summed E-state index contributed by atoms with van der Waals surface area (Å²) in [6.45, 7) is 2.23. The van der Waals surface area contributed by atoms with Crippen LogP contribution in [0.25, 0.3) is 0 Å². The van der Waals surface area contributed by atoms with E-state index in [1.807, 2.05) is 0 Å². The third kappa shape index (κ3) is 3.65. The van der Waals surface area contributed by atoms with Crippen LogP contribution in [0.1, 0.15) is 26.2 Å². The zero-order chi connectivity index (χ0) is 13.1. The monoisotopic (exact) mass is 265 g/mol. The lowest BCUT2D eigenvalue weighted by Gasteiger charge is -2.24. The highest BCUT2D eigenvalue weighted by molar-refractivity contribution is 7.89. The number of carboxylic acids is 1. The number of carboxylic acid groups (broad SMARTS) is 1. The van der Waals surface area contributed by atoms with Crippen molar-refractivity contribution >= 4 is 16.0 Å². The van der Waals surface area contributed by atoms with E-state index in [1.54, 1.807) is 6.92 Å². The Balaban J connectivity index is 2.70. The molecule has 0 aromatic heterocycles. The van der Waals surface area contributed by atoms with Crippen molar-refractivity contribution in [1.82, 2.24) is 4.31 Å². The molecule has 1 aliphatic rings. The highest BCUT2D eigenvalue weighted by Crippen LogP contribution is 2.17. The fourth-order valence-corrected chi connectivity index (χ4v) is 3.50. The van der Waals surface area contributed by atoms with Gasteiger partial charge in [0.25, 0.3) is 0 Å². The molecule has 1 saturated heterocycles. The first-order valence-electron chi connectivity index (χ1n) is 5.68. The largest absolute Gasteiger partial charge is 0.480 e. The predicted molar refractivity (Wildman–Crippen MR) is 62.2 cm³/mol. The Morgan fingerprint density at radius 1 is 1.59 bits per heavy atom. The SMILES string of the molecule is CCC(C(=O)O)N(C)S(=O)(=O)CC1CCCO1. The molecule has 1 fully saturated rings. The van der Waals surface area contributed by atoms with Crippen LogP contribution in [0.2, 0.25) is 0 Å². The van der Waals surface area contributed by atoms with Gasteiger partial charge in [-0.2, -0.15) is 4.31 Å². The third-order valence-corrected chi connectivity index (χ3v) is 4.89. The summed E-state index contributed by atoms with van der Waals surface area (Å²) in [5.74, 6) is -1.25. The van der Waals surface area contributed by atoms with Crippen molar-refractivity contribution in [3.63, 3.8) is 0 Å². The van der Waals surface area contributed by atoms with E-state index in [-0.39, 0.29) is 18.3 Å². The van der Waals surface area contributed by atoms with Gasteiger partial charge in [-0.05, 0) is 19.3 Å². The molecular formula is C10H19NO5S. The smallest absolute Gasteiger partial charge is 0.321 e. The molecule has 1 heterocycles. The standard InChI is InChI=1S/C10H19NO5S/c1-3-9(10(12)13)11(2)17(14,15)7-8-5-4-6-16-8/h8-9H,3-7H2,1-2H3,(H,12,13). The van der Waals surface area contributed by atoms with Crippen LogP contribution in [-0.2, 0) is 19.6 Å². The van der Waals surface area contributed by atoms with E-state index in [4.69, 9.17) is 9.84 Å². The molecule has 7 heteroatoms. The van der Waals surface area contributed by atoms with Gasteiger partial charge in [0.05, 0.1) is 11.9 Å². The summed E-state index contributed by atoms with van der Waals surface area (Å²) < 4.78 is 30.1. The maximum Gasteiger partial charge on any atom is 0.321 e. The summed E-state index contributed by atoms with van der Waals surface area (Å²) in [6, 6.07) is -0.999. The molecule has 2 atom stereocenters. The first-order valence-corrected chi connectivity index (χ1v) is 7.29. The summed E-state index contributed by atoms with van der Waals surface area (Å²) in [6.07, 6.45) is 1.53. The minimum atomic E-state index is -3.57. The average molecular weight is 265 g/mol. The van der Waals surface area contributed by atoms with Crippen molar-refractivity contribution in [2.45, 2.75) is 38.3 Å². The van der Waals surface area contributed by atoms with Crippen molar-refractivity contribution in [3.05, 3.63) is 0 Å². The van der Waals surface area contributed by atoms with Gasteiger partial charge in [0.15, 0.2) is 0 Å². The normalized spacial score (nSPS) is 22.9. The number of ether oxygens (including phenoxy) is 1. The van der Waals surface area contributed by atoms with Crippen LogP contribution < -0.4 is 0 Å². The number of hydrogen-bond acceptors (Lipinski definition) is 4. The van der Waals surface area contributed by atoms with Crippen molar-refractivity contribution in [2.75, 3.05) is 19.4 Å². The van der Waals surface area contributed by atoms with Crippen molar-refractivity contribution in [1.29, 1.82) is 0 Å². The van der Waals surface area contributed by atoms with Crippen LogP contribution in [0, 0.1) is 0 Å². The maximum absolute atomic E-state index is 12.0. The Labute approximate surface area is 102 Å². The Morgan fingerprint density at radius 2 is 2.24 bits per heavy atom. The van der Waals surface area contributed by atoms with E-state index in [1.165, 1.54) is 7.05 Å². The van der Waals surface area contributed by atoms with Crippen LogP contribution in [0.5, 0.6) is 0 Å². The Morgan fingerprint density at radius 3 is 2.65 bits per heavy atom. The molecule has 0 aromatic carbocycles. The molecule has 1 aliphatic heterocycles. The first kappa shape index (κ1) is 14.4. The van der Waals surface area contributed by atoms with Gasteiger partial charge in [-0.1, -0.05) is 6.92 Å². The molecule has 0 spiro atoms. The summed E-state index contributed by atoms with van der Waals surface area (Å²) in [5, 5.41) is 8.93. The molecule has 0 amide bonds. The van der Waals surface area contributed by atoms with E-state index in [9.17, 15) is 13.2 Å². The molecule has 1 N–H and O–H groups in total. The summed E-state index contributed by atoms with van der Waals surface area (Å²) in [4.78, 5) is 10.9. The lowest BCUT2D eigenvalue weighted by molar-refractivity contribution is -0.141. The second kappa shape index (κ2) is 5.79. The van der Waals surface area contributed by atoms with Gasteiger partial charge < -0.3 is 9.84 Å². The highest BCUT2D eigenvalue weighted by Gasteiger charge is 2.33. The fourth-order valence-electron chi connectivity index (χ4n) is 1.91. The molecule has 1 rings (SSSR count).